The zero-order valence-electron chi connectivity index (χ0n) is 9.56. The molecule has 3 unspecified atom stereocenters. The Kier molecular flexibility index (Phi) is 1.89. The molecule has 3 nitrogen and oxygen atoms in total. The molecule has 1 N–H and O–H groups in total. The van der Waals surface area contributed by atoms with Crippen molar-refractivity contribution in [3.8, 4) is 11.5 Å². The molecule has 0 radical (unpaired) electrons. The van der Waals surface area contributed by atoms with Crippen LogP contribution in [0.2, 0.25) is 0 Å². The quantitative estimate of drug-likeness (QED) is 0.791. The van der Waals surface area contributed by atoms with Crippen LogP contribution in [0.5, 0.6) is 11.5 Å². The van der Waals surface area contributed by atoms with E-state index in [4.69, 9.17) is 9.47 Å². The molecule has 0 amide bonds. The fourth-order valence-corrected chi connectivity index (χ4v) is 3.08. The van der Waals surface area contributed by atoms with Gasteiger partial charge in [0.05, 0.1) is 0 Å². The molecule has 88 valence electrons. The van der Waals surface area contributed by atoms with E-state index >= 15 is 0 Å². The van der Waals surface area contributed by atoms with Gasteiger partial charge in [0.2, 0.25) is 6.79 Å². The third-order valence-electron chi connectivity index (χ3n) is 4.09. The Morgan fingerprint density at radius 1 is 1.18 bits per heavy atom. The number of hydrogen-bond donors (Lipinski definition) is 1. The maximum Gasteiger partial charge on any atom is 0.231 e. The Hall–Kier alpha value is -1.64. The lowest BCUT2D eigenvalue weighted by atomic mass is 9.71. The lowest BCUT2D eigenvalue weighted by molar-refractivity contribution is 0.174. The molecule has 0 bridgehead atoms. The van der Waals surface area contributed by atoms with Gasteiger partial charge < -0.3 is 14.8 Å². The molecule has 1 aromatic rings. The van der Waals surface area contributed by atoms with Crippen molar-refractivity contribution >= 4 is 5.69 Å². The molecule has 1 heterocycles. The molecule has 4 rings (SSSR count). The van der Waals surface area contributed by atoms with Crippen molar-refractivity contribution in [2.24, 2.45) is 11.8 Å². The van der Waals surface area contributed by atoms with E-state index in [0.717, 1.165) is 29.0 Å². The van der Waals surface area contributed by atoms with E-state index in [0.29, 0.717) is 12.8 Å². The van der Waals surface area contributed by atoms with Gasteiger partial charge in [-0.15, -0.1) is 0 Å². The summed E-state index contributed by atoms with van der Waals surface area (Å²) in [6, 6.07) is 6.68. The number of ether oxygens (including phenoxy) is 2. The van der Waals surface area contributed by atoms with E-state index in [9.17, 15) is 0 Å². The molecule has 0 spiro atoms. The number of allylic oxidation sites excluding steroid dienone is 1. The van der Waals surface area contributed by atoms with Crippen LogP contribution in [0, 0.1) is 11.8 Å². The molecule has 1 fully saturated rings. The van der Waals surface area contributed by atoms with E-state index in [1.165, 1.54) is 12.8 Å². The van der Waals surface area contributed by atoms with Gasteiger partial charge in [-0.1, -0.05) is 12.2 Å². The normalized spacial score (nSPS) is 32.1. The second-order valence-corrected chi connectivity index (χ2v) is 5.06. The van der Waals surface area contributed by atoms with Crippen molar-refractivity contribution < 1.29 is 9.47 Å². The molecule has 3 aliphatic rings. The first-order valence-corrected chi connectivity index (χ1v) is 6.23. The highest BCUT2D eigenvalue weighted by atomic mass is 16.7. The highest BCUT2D eigenvalue weighted by Crippen LogP contribution is 2.44. The first-order valence-electron chi connectivity index (χ1n) is 6.23. The second-order valence-electron chi connectivity index (χ2n) is 5.06. The van der Waals surface area contributed by atoms with Gasteiger partial charge in [0.1, 0.15) is 0 Å². The molecular weight excluding hydrogens is 214 g/mol. The molecule has 1 aromatic carbocycles. The van der Waals surface area contributed by atoms with Crippen molar-refractivity contribution in [1.29, 1.82) is 0 Å². The fraction of sp³-hybridized carbons (Fsp3) is 0.429. The summed E-state index contributed by atoms with van der Waals surface area (Å²) >= 11 is 0. The van der Waals surface area contributed by atoms with Gasteiger partial charge in [-0.05, 0) is 30.9 Å². The number of hydrogen-bond acceptors (Lipinski definition) is 3. The van der Waals surface area contributed by atoms with Crippen molar-refractivity contribution in [1.82, 2.24) is 0 Å². The first kappa shape index (κ1) is 9.40. The molecule has 1 aliphatic heterocycles. The topological polar surface area (TPSA) is 30.5 Å². The summed E-state index contributed by atoms with van der Waals surface area (Å²) in [6.45, 7) is 0.343. The lowest BCUT2D eigenvalue weighted by Gasteiger charge is -2.41. The van der Waals surface area contributed by atoms with Gasteiger partial charge in [-0.25, -0.2) is 0 Å². The van der Waals surface area contributed by atoms with E-state index in [-0.39, 0.29) is 0 Å². The standard InChI is InChI=1S/C14H15NO2/c1-2-9-6-12(11(9)3-1)15-10-4-5-13-14(7-10)17-8-16-13/h1,3-5,7,9,11-12,15H,2,6,8H2. The van der Waals surface area contributed by atoms with Gasteiger partial charge in [0.15, 0.2) is 11.5 Å². The predicted molar refractivity (Wildman–Crippen MR) is 65.3 cm³/mol. The van der Waals surface area contributed by atoms with Crippen LogP contribution in [-0.2, 0) is 0 Å². The highest BCUT2D eigenvalue weighted by Gasteiger charge is 2.40. The van der Waals surface area contributed by atoms with Crippen LogP contribution in [0.1, 0.15) is 12.8 Å². The molecule has 0 saturated heterocycles. The van der Waals surface area contributed by atoms with Crippen LogP contribution < -0.4 is 14.8 Å². The minimum atomic E-state index is 0.343. The maximum atomic E-state index is 5.38. The van der Waals surface area contributed by atoms with Gasteiger partial charge in [0, 0.05) is 23.7 Å². The summed E-state index contributed by atoms with van der Waals surface area (Å²) in [5, 5.41) is 3.59. The molecular formula is C14H15NO2. The van der Waals surface area contributed by atoms with Crippen molar-refractivity contribution in [3.63, 3.8) is 0 Å². The second kappa shape index (κ2) is 3.42. The summed E-state index contributed by atoms with van der Waals surface area (Å²) in [5.74, 6) is 3.33. The van der Waals surface area contributed by atoms with Crippen LogP contribution >= 0.6 is 0 Å². The van der Waals surface area contributed by atoms with E-state index in [1.54, 1.807) is 0 Å². The summed E-state index contributed by atoms with van der Waals surface area (Å²) in [5.41, 5.74) is 1.14. The Labute approximate surface area is 100 Å². The average molecular weight is 229 g/mol. The molecule has 3 atom stereocenters. The summed E-state index contributed by atoms with van der Waals surface area (Å²) in [4.78, 5) is 0. The number of fused-ring (bicyclic) bond motifs is 2. The molecule has 3 heteroatoms. The molecule has 1 saturated carbocycles. The zero-order valence-corrected chi connectivity index (χ0v) is 9.56. The molecule has 0 aromatic heterocycles. The fourth-order valence-electron chi connectivity index (χ4n) is 3.08. The smallest absolute Gasteiger partial charge is 0.231 e. The Morgan fingerprint density at radius 2 is 2.12 bits per heavy atom. The predicted octanol–water partition coefficient (Wildman–Crippen LogP) is 2.79. The summed E-state index contributed by atoms with van der Waals surface area (Å²) < 4.78 is 10.7. The number of anilines is 1. The monoisotopic (exact) mass is 229 g/mol. The minimum absolute atomic E-state index is 0.343. The third kappa shape index (κ3) is 1.42. The van der Waals surface area contributed by atoms with Gasteiger partial charge >= 0.3 is 0 Å². The van der Waals surface area contributed by atoms with Crippen LogP contribution in [0.25, 0.3) is 0 Å². The summed E-state index contributed by atoms with van der Waals surface area (Å²) in [6.07, 6.45) is 7.23. The van der Waals surface area contributed by atoms with Crippen LogP contribution in [-0.4, -0.2) is 12.8 Å². The van der Waals surface area contributed by atoms with E-state index in [1.807, 2.05) is 12.1 Å². The molecule has 2 aliphatic carbocycles. The van der Waals surface area contributed by atoms with Gasteiger partial charge in [-0.3, -0.25) is 0 Å². The first-order chi connectivity index (χ1) is 8.40. The van der Waals surface area contributed by atoms with Crippen molar-refractivity contribution in [2.75, 3.05) is 12.1 Å². The Bertz CT molecular complexity index is 483. The minimum Gasteiger partial charge on any atom is -0.454 e. The highest BCUT2D eigenvalue weighted by molar-refractivity contribution is 5.56. The van der Waals surface area contributed by atoms with Crippen molar-refractivity contribution in [2.45, 2.75) is 18.9 Å². The van der Waals surface area contributed by atoms with Crippen LogP contribution in [0.15, 0.2) is 30.4 Å². The van der Waals surface area contributed by atoms with Crippen LogP contribution in [0.4, 0.5) is 5.69 Å². The summed E-state index contributed by atoms with van der Waals surface area (Å²) in [7, 11) is 0. The zero-order chi connectivity index (χ0) is 11.2. The Balaban J connectivity index is 1.51. The maximum absolute atomic E-state index is 5.38. The lowest BCUT2D eigenvalue weighted by Crippen LogP contribution is -2.43. The molecule has 17 heavy (non-hydrogen) atoms. The Morgan fingerprint density at radius 3 is 3.06 bits per heavy atom. The van der Waals surface area contributed by atoms with Gasteiger partial charge in [0.25, 0.3) is 0 Å². The number of benzene rings is 1. The largest absolute Gasteiger partial charge is 0.454 e. The third-order valence-corrected chi connectivity index (χ3v) is 4.09. The number of nitrogens with one attached hydrogen (secondary N) is 1. The number of rotatable bonds is 2. The van der Waals surface area contributed by atoms with E-state index in [2.05, 4.69) is 23.5 Å². The SMILES string of the molecule is C1=CC2C(C1)CC2Nc1ccc2c(c1)OCO2. The van der Waals surface area contributed by atoms with Gasteiger partial charge in [-0.2, -0.15) is 0 Å². The van der Waals surface area contributed by atoms with Crippen molar-refractivity contribution in [3.05, 3.63) is 30.4 Å². The average Bonchev–Trinajstić information content (AvgIpc) is 2.91. The van der Waals surface area contributed by atoms with E-state index < -0.39 is 0 Å². The van der Waals surface area contributed by atoms with Crippen LogP contribution in [0.3, 0.4) is 0 Å².